The zero-order valence-corrected chi connectivity index (χ0v) is 13.4. The van der Waals surface area contributed by atoms with E-state index in [2.05, 4.69) is 16.9 Å². The maximum absolute atomic E-state index is 12.2. The molecule has 0 atom stereocenters. The van der Waals surface area contributed by atoms with Gasteiger partial charge in [-0.15, -0.1) is 0 Å². The van der Waals surface area contributed by atoms with E-state index in [1.807, 2.05) is 6.92 Å². The number of nitrogens with one attached hydrogen (secondary N) is 1. The number of phenolic OH excluding ortho intramolecular Hbond substituents is 1. The largest absolute Gasteiger partial charge is 0.507 e. The Morgan fingerprint density at radius 2 is 2.23 bits per heavy atom. The minimum atomic E-state index is -0.282. The fourth-order valence-electron chi connectivity index (χ4n) is 2.08. The molecule has 22 heavy (non-hydrogen) atoms. The van der Waals surface area contributed by atoms with Crippen LogP contribution in [0.3, 0.4) is 0 Å². The molecule has 0 saturated heterocycles. The Labute approximate surface area is 134 Å². The molecule has 1 aromatic carbocycles. The van der Waals surface area contributed by atoms with Crippen molar-refractivity contribution in [1.82, 2.24) is 9.97 Å². The molecule has 0 aliphatic heterocycles. The number of phenols is 1. The van der Waals surface area contributed by atoms with Crippen molar-refractivity contribution in [2.75, 3.05) is 0 Å². The van der Waals surface area contributed by atoms with Crippen LogP contribution >= 0.6 is 11.6 Å². The van der Waals surface area contributed by atoms with Crippen LogP contribution in [-0.4, -0.2) is 20.9 Å². The van der Waals surface area contributed by atoms with E-state index >= 15 is 0 Å². The Balaban J connectivity index is 2.16. The van der Waals surface area contributed by atoms with E-state index in [0.29, 0.717) is 10.8 Å². The number of hydrogen-bond acceptors (Lipinski definition) is 3. The van der Waals surface area contributed by atoms with E-state index in [9.17, 15) is 9.90 Å². The normalized spacial score (nSPS) is 11.2. The highest BCUT2D eigenvalue weighted by Gasteiger charge is 2.10. The van der Waals surface area contributed by atoms with Crippen LogP contribution in [0, 0.1) is 6.92 Å². The van der Waals surface area contributed by atoms with E-state index < -0.39 is 0 Å². The lowest BCUT2D eigenvalue weighted by Gasteiger charge is -2.01. The highest BCUT2D eigenvalue weighted by Crippen LogP contribution is 2.20. The third-order valence-corrected chi connectivity index (χ3v) is 3.60. The molecule has 0 saturated carbocycles. The molecule has 2 rings (SSSR count). The molecule has 5 heteroatoms. The van der Waals surface area contributed by atoms with Crippen molar-refractivity contribution in [1.29, 1.82) is 0 Å². The van der Waals surface area contributed by atoms with Crippen LogP contribution in [0.15, 0.2) is 24.3 Å². The minimum absolute atomic E-state index is 0.0305. The number of aromatic amines is 1. The summed E-state index contributed by atoms with van der Waals surface area (Å²) >= 11 is 6.08. The number of allylic oxidation sites excluding steroid dienone is 1. The van der Waals surface area contributed by atoms with E-state index in [1.54, 1.807) is 18.2 Å². The minimum Gasteiger partial charge on any atom is -0.507 e. The SMILES string of the molecule is CCCCc1nc(/C=C/C(=O)c2cc(C)ccc2O)c(Cl)[nH]1. The number of benzene rings is 1. The third kappa shape index (κ3) is 3.98. The quantitative estimate of drug-likeness (QED) is 0.616. The number of ketones is 1. The van der Waals surface area contributed by atoms with Gasteiger partial charge in [-0.25, -0.2) is 4.98 Å². The van der Waals surface area contributed by atoms with Crippen molar-refractivity contribution >= 4 is 23.5 Å². The Morgan fingerprint density at radius 1 is 1.45 bits per heavy atom. The lowest BCUT2D eigenvalue weighted by Crippen LogP contribution is -1.95. The zero-order chi connectivity index (χ0) is 16.1. The predicted molar refractivity (Wildman–Crippen MR) is 88.4 cm³/mol. The van der Waals surface area contributed by atoms with Gasteiger partial charge in [0.1, 0.15) is 22.4 Å². The number of hydrogen-bond donors (Lipinski definition) is 2. The van der Waals surface area contributed by atoms with Crippen molar-refractivity contribution in [3.63, 3.8) is 0 Å². The van der Waals surface area contributed by atoms with Gasteiger partial charge in [0.2, 0.25) is 0 Å². The Hall–Kier alpha value is -2.07. The Kier molecular flexibility index (Phi) is 5.39. The molecule has 0 unspecified atom stereocenters. The van der Waals surface area contributed by atoms with Crippen LogP contribution in [0.4, 0.5) is 0 Å². The fraction of sp³-hybridized carbons (Fsp3) is 0.294. The number of nitrogens with zero attached hydrogens (tertiary/aromatic N) is 1. The van der Waals surface area contributed by atoms with Crippen molar-refractivity contribution in [2.45, 2.75) is 33.1 Å². The molecule has 0 bridgehead atoms. The molecule has 0 radical (unpaired) electrons. The number of rotatable bonds is 6. The summed E-state index contributed by atoms with van der Waals surface area (Å²) in [7, 11) is 0. The Bertz CT molecular complexity index is 705. The van der Waals surface area contributed by atoms with Gasteiger partial charge in [-0.1, -0.05) is 36.6 Å². The van der Waals surface area contributed by atoms with Crippen LogP contribution in [0.5, 0.6) is 5.75 Å². The first kappa shape index (κ1) is 16.3. The molecule has 4 nitrogen and oxygen atoms in total. The summed E-state index contributed by atoms with van der Waals surface area (Å²) < 4.78 is 0. The number of carbonyl (C=O) groups is 1. The van der Waals surface area contributed by atoms with Gasteiger partial charge in [0, 0.05) is 6.42 Å². The van der Waals surface area contributed by atoms with E-state index in [4.69, 9.17) is 11.6 Å². The number of aryl methyl sites for hydroxylation is 2. The summed E-state index contributed by atoms with van der Waals surface area (Å²) in [4.78, 5) is 19.5. The molecule has 0 aliphatic carbocycles. The third-order valence-electron chi connectivity index (χ3n) is 3.31. The second kappa shape index (κ2) is 7.27. The average molecular weight is 319 g/mol. The van der Waals surface area contributed by atoms with Gasteiger partial charge in [0.15, 0.2) is 5.78 Å². The van der Waals surface area contributed by atoms with Crippen molar-refractivity contribution < 1.29 is 9.90 Å². The number of halogens is 1. The lowest BCUT2D eigenvalue weighted by atomic mass is 10.1. The molecule has 116 valence electrons. The van der Waals surface area contributed by atoms with Gasteiger partial charge in [0.25, 0.3) is 0 Å². The predicted octanol–water partition coefficient (Wildman–Crippen LogP) is 4.32. The van der Waals surface area contributed by atoms with Crippen molar-refractivity contribution in [3.05, 3.63) is 52.1 Å². The molecule has 1 heterocycles. The maximum atomic E-state index is 12.2. The van der Waals surface area contributed by atoms with Gasteiger partial charge in [-0.05, 0) is 37.6 Å². The molecule has 0 fully saturated rings. The topological polar surface area (TPSA) is 66.0 Å². The second-order valence-corrected chi connectivity index (χ2v) is 5.58. The maximum Gasteiger partial charge on any atom is 0.189 e. The van der Waals surface area contributed by atoms with Crippen LogP contribution in [0.1, 0.15) is 47.2 Å². The summed E-state index contributed by atoms with van der Waals surface area (Å²) in [6.07, 6.45) is 5.88. The standard InChI is InChI=1S/C17H19ClN2O2/c1-3-4-5-16-19-13(17(18)20-16)7-9-15(22)12-10-11(2)6-8-14(12)21/h6-10,21H,3-5H2,1-2H3,(H,19,20)/b9-7+. The van der Waals surface area contributed by atoms with Gasteiger partial charge < -0.3 is 10.1 Å². The van der Waals surface area contributed by atoms with Crippen molar-refractivity contribution in [3.8, 4) is 5.75 Å². The molecule has 0 aliphatic rings. The number of imidazole rings is 1. The first-order chi connectivity index (χ1) is 10.5. The second-order valence-electron chi connectivity index (χ2n) is 5.20. The highest BCUT2D eigenvalue weighted by atomic mass is 35.5. The molecule has 1 aromatic heterocycles. The molecule has 0 spiro atoms. The fourth-order valence-corrected chi connectivity index (χ4v) is 2.29. The highest BCUT2D eigenvalue weighted by molar-refractivity contribution is 6.30. The van der Waals surface area contributed by atoms with Gasteiger partial charge in [0.05, 0.1) is 5.56 Å². The summed E-state index contributed by atoms with van der Waals surface area (Å²) in [5, 5.41) is 10.2. The number of H-pyrrole nitrogens is 1. The van der Waals surface area contributed by atoms with Crippen molar-refractivity contribution in [2.24, 2.45) is 0 Å². The first-order valence-corrected chi connectivity index (χ1v) is 7.65. The van der Waals surface area contributed by atoms with Crippen LogP contribution in [0.2, 0.25) is 5.15 Å². The summed E-state index contributed by atoms with van der Waals surface area (Å²) in [5.74, 6) is 0.504. The van der Waals surface area contributed by atoms with E-state index in [0.717, 1.165) is 30.7 Å². The molecule has 2 N–H and O–H groups in total. The van der Waals surface area contributed by atoms with Crippen LogP contribution < -0.4 is 0 Å². The Morgan fingerprint density at radius 3 is 2.95 bits per heavy atom. The van der Waals surface area contributed by atoms with Crippen LogP contribution in [0.25, 0.3) is 6.08 Å². The van der Waals surface area contributed by atoms with Gasteiger partial charge in [-0.2, -0.15) is 0 Å². The molecular formula is C17H19ClN2O2. The smallest absolute Gasteiger partial charge is 0.189 e. The average Bonchev–Trinajstić information content (AvgIpc) is 2.85. The lowest BCUT2D eigenvalue weighted by molar-refractivity contribution is 0.104. The summed E-state index contributed by atoms with van der Waals surface area (Å²) in [5.41, 5.74) is 1.72. The summed E-state index contributed by atoms with van der Waals surface area (Å²) in [6.45, 7) is 3.98. The zero-order valence-electron chi connectivity index (χ0n) is 12.7. The monoisotopic (exact) mass is 318 g/mol. The summed E-state index contributed by atoms with van der Waals surface area (Å²) in [6, 6.07) is 4.92. The van der Waals surface area contributed by atoms with E-state index in [-0.39, 0.29) is 17.1 Å². The molecular weight excluding hydrogens is 300 g/mol. The first-order valence-electron chi connectivity index (χ1n) is 7.27. The number of carbonyl (C=O) groups excluding carboxylic acids is 1. The van der Waals surface area contributed by atoms with E-state index in [1.165, 1.54) is 12.1 Å². The van der Waals surface area contributed by atoms with Crippen LogP contribution in [-0.2, 0) is 6.42 Å². The number of aromatic nitrogens is 2. The number of unbranched alkanes of at least 4 members (excludes halogenated alkanes) is 1. The van der Waals surface area contributed by atoms with Gasteiger partial charge in [-0.3, -0.25) is 4.79 Å². The number of aromatic hydroxyl groups is 1. The molecule has 0 amide bonds. The van der Waals surface area contributed by atoms with Gasteiger partial charge >= 0.3 is 0 Å². The molecule has 2 aromatic rings.